The number of alkyl halides is 4. The Kier molecular flexibility index (Phi) is 5.28. The van der Waals surface area contributed by atoms with E-state index in [4.69, 9.17) is 11.6 Å². The molecule has 0 radical (unpaired) electrons. The number of anilines is 1. The normalized spacial score (nSPS) is 11.2. The first-order chi connectivity index (χ1) is 8.31. The van der Waals surface area contributed by atoms with Crippen molar-refractivity contribution in [2.45, 2.75) is 12.8 Å². The first kappa shape index (κ1) is 15.1. The molecule has 0 aromatic heterocycles. The number of nitrogens with one attached hydrogen (secondary N) is 1. The van der Waals surface area contributed by atoms with E-state index in [0.717, 1.165) is 6.07 Å². The molecule has 18 heavy (non-hydrogen) atoms. The molecule has 0 spiro atoms. The maximum Gasteiger partial charge on any atom is 0.573 e. The average molecular weight is 347 g/mol. The fraction of sp³-hybridized carbons (Fsp3) is 0.300. The summed E-state index contributed by atoms with van der Waals surface area (Å²) < 4.78 is 40.7. The molecule has 0 heterocycles. The van der Waals surface area contributed by atoms with E-state index in [1.807, 2.05) is 0 Å². The van der Waals surface area contributed by atoms with Gasteiger partial charge in [-0.2, -0.15) is 0 Å². The van der Waals surface area contributed by atoms with Gasteiger partial charge in [0.1, 0.15) is 0 Å². The summed E-state index contributed by atoms with van der Waals surface area (Å²) in [5.74, 6) is -0.892. The fourth-order valence-electron chi connectivity index (χ4n) is 1.11. The second-order valence-corrected chi connectivity index (χ2v) is 4.47. The Labute approximate surface area is 114 Å². The van der Waals surface area contributed by atoms with Crippen LogP contribution >= 0.6 is 27.5 Å². The number of carbonyl (C=O) groups is 1. The summed E-state index contributed by atoms with van der Waals surface area (Å²) in [7, 11) is 0. The third kappa shape index (κ3) is 5.14. The second kappa shape index (κ2) is 6.29. The lowest BCUT2D eigenvalue weighted by Crippen LogP contribution is -2.19. The number of carbonyl (C=O) groups excluding carboxylic acids is 1. The van der Waals surface area contributed by atoms with E-state index < -0.39 is 18.0 Å². The summed E-state index contributed by atoms with van der Waals surface area (Å²) in [6, 6.07) is 3.90. The zero-order valence-electron chi connectivity index (χ0n) is 8.85. The highest BCUT2D eigenvalue weighted by Gasteiger charge is 2.32. The molecule has 1 aromatic carbocycles. The molecule has 0 saturated carbocycles. The van der Waals surface area contributed by atoms with E-state index >= 15 is 0 Å². The molecule has 8 heteroatoms. The van der Waals surface area contributed by atoms with Crippen LogP contribution < -0.4 is 10.1 Å². The van der Waals surface area contributed by atoms with Crippen LogP contribution in [0.15, 0.2) is 22.7 Å². The maximum absolute atomic E-state index is 12.2. The van der Waals surface area contributed by atoms with Gasteiger partial charge in [0.15, 0.2) is 5.75 Å². The van der Waals surface area contributed by atoms with E-state index in [1.54, 1.807) is 0 Å². The molecule has 3 nitrogen and oxygen atoms in total. The van der Waals surface area contributed by atoms with Crippen molar-refractivity contribution in [3.63, 3.8) is 0 Å². The predicted octanol–water partition coefficient (Wildman–Crippen LogP) is 3.92. The first-order valence-corrected chi connectivity index (χ1v) is 6.05. The number of benzene rings is 1. The molecule has 0 bridgehead atoms. The van der Waals surface area contributed by atoms with Gasteiger partial charge in [0, 0.05) is 16.8 Å². The van der Waals surface area contributed by atoms with Gasteiger partial charge >= 0.3 is 6.36 Å². The number of halogens is 5. The monoisotopic (exact) mass is 345 g/mol. The Bertz CT molecular complexity index is 440. The minimum absolute atomic E-state index is 0.00305. The molecule has 0 fully saturated rings. The SMILES string of the molecule is O=C(CCCl)Nc1ccc(Br)cc1OC(F)(F)F. The first-order valence-electron chi connectivity index (χ1n) is 4.73. The molecule has 0 saturated heterocycles. The predicted molar refractivity (Wildman–Crippen MR) is 64.8 cm³/mol. The number of hydrogen-bond acceptors (Lipinski definition) is 2. The van der Waals surface area contributed by atoms with E-state index in [0.29, 0.717) is 4.47 Å². The topological polar surface area (TPSA) is 38.3 Å². The Morgan fingerprint density at radius 1 is 1.44 bits per heavy atom. The van der Waals surface area contributed by atoms with Crippen molar-refractivity contribution < 1.29 is 22.7 Å². The molecular weight excluding hydrogens is 338 g/mol. The lowest BCUT2D eigenvalue weighted by molar-refractivity contribution is -0.274. The van der Waals surface area contributed by atoms with Crippen LogP contribution in [0.3, 0.4) is 0 Å². The average Bonchev–Trinajstić information content (AvgIpc) is 2.20. The lowest BCUT2D eigenvalue weighted by Gasteiger charge is -2.14. The highest BCUT2D eigenvalue weighted by atomic mass is 79.9. The Balaban J connectivity index is 2.93. The summed E-state index contributed by atoms with van der Waals surface area (Å²) in [6.45, 7) is 0. The summed E-state index contributed by atoms with van der Waals surface area (Å²) in [5.41, 5.74) is -0.0642. The molecule has 100 valence electrons. The standard InChI is InChI=1S/C10H8BrClF3NO2/c11-6-1-2-7(16-9(17)3-4-12)8(5-6)18-10(13,14)15/h1-2,5H,3-4H2,(H,16,17). The van der Waals surface area contributed by atoms with E-state index in [9.17, 15) is 18.0 Å². The molecule has 0 aliphatic heterocycles. The molecule has 0 unspecified atom stereocenters. The summed E-state index contributed by atoms with van der Waals surface area (Å²) in [6.07, 6.45) is -4.82. The largest absolute Gasteiger partial charge is 0.573 e. The van der Waals surface area contributed by atoms with Crippen molar-refractivity contribution in [3.05, 3.63) is 22.7 Å². The summed E-state index contributed by atoms with van der Waals surface area (Å²) in [5, 5.41) is 2.29. The molecule has 1 amide bonds. The molecule has 1 rings (SSSR count). The number of ether oxygens (including phenoxy) is 1. The Hall–Kier alpha value is -0.950. The maximum atomic E-state index is 12.2. The van der Waals surface area contributed by atoms with Crippen LogP contribution in [0, 0.1) is 0 Å². The molecule has 0 aliphatic rings. The van der Waals surface area contributed by atoms with Crippen molar-refractivity contribution in [2.75, 3.05) is 11.2 Å². The summed E-state index contributed by atoms with van der Waals surface area (Å²) in [4.78, 5) is 11.3. The van der Waals surface area contributed by atoms with Crippen molar-refractivity contribution in [1.82, 2.24) is 0 Å². The van der Waals surface area contributed by atoms with Crippen LogP contribution in [-0.2, 0) is 4.79 Å². The Morgan fingerprint density at radius 3 is 2.67 bits per heavy atom. The molecule has 1 aromatic rings. The van der Waals surface area contributed by atoms with Crippen molar-refractivity contribution >= 4 is 39.1 Å². The number of rotatable bonds is 4. The molecule has 0 aliphatic carbocycles. The highest BCUT2D eigenvalue weighted by molar-refractivity contribution is 9.10. The van der Waals surface area contributed by atoms with Gasteiger partial charge < -0.3 is 10.1 Å². The molecule has 1 N–H and O–H groups in total. The van der Waals surface area contributed by atoms with E-state index in [2.05, 4.69) is 26.0 Å². The lowest BCUT2D eigenvalue weighted by atomic mass is 10.3. The molecular formula is C10H8BrClF3NO2. The van der Waals surface area contributed by atoms with Gasteiger partial charge in [0.05, 0.1) is 5.69 Å². The summed E-state index contributed by atoms with van der Waals surface area (Å²) >= 11 is 8.37. The van der Waals surface area contributed by atoms with Crippen LogP contribution in [0.4, 0.5) is 18.9 Å². The quantitative estimate of drug-likeness (QED) is 0.839. The van der Waals surface area contributed by atoms with Crippen molar-refractivity contribution in [1.29, 1.82) is 0 Å². The van der Waals surface area contributed by atoms with Crippen LogP contribution in [-0.4, -0.2) is 18.1 Å². The zero-order chi connectivity index (χ0) is 13.8. The number of amides is 1. The van der Waals surface area contributed by atoms with Crippen LogP contribution in [0.25, 0.3) is 0 Å². The second-order valence-electron chi connectivity index (χ2n) is 3.18. The van der Waals surface area contributed by atoms with Gasteiger partial charge in [0.2, 0.25) is 5.91 Å². The highest BCUT2D eigenvalue weighted by Crippen LogP contribution is 2.32. The molecule has 0 atom stereocenters. The van der Waals surface area contributed by atoms with E-state index in [1.165, 1.54) is 12.1 Å². The van der Waals surface area contributed by atoms with Gasteiger partial charge in [-0.3, -0.25) is 4.79 Å². The third-order valence-corrected chi connectivity index (χ3v) is 2.45. The van der Waals surface area contributed by atoms with Gasteiger partial charge in [-0.05, 0) is 18.2 Å². The minimum Gasteiger partial charge on any atom is -0.404 e. The fourth-order valence-corrected chi connectivity index (χ4v) is 1.62. The zero-order valence-corrected chi connectivity index (χ0v) is 11.2. The third-order valence-electron chi connectivity index (χ3n) is 1.76. The van der Waals surface area contributed by atoms with E-state index in [-0.39, 0.29) is 18.0 Å². The van der Waals surface area contributed by atoms with Gasteiger partial charge in [-0.25, -0.2) is 0 Å². The van der Waals surface area contributed by atoms with Gasteiger partial charge in [-0.1, -0.05) is 15.9 Å². The van der Waals surface area contributed by atoms with Crippen LogP contribution in [0.1, 0.15) is 6.42 Å². The number of hydrogen-bond donors (Lipinski definition) is 1. The Morgan fingerprint density at radius 2 is 2.11 bits per heavy atom. The van der Waals surface area contributed by atoms with Crippen molar-refractivity contribution in [3.8, 4) is 5.75 Å². The minimum atomic E-state index is -4.83. The van der Waals surface area contributed by atoms with Crippen LogP contribution in [0.2, 0.25) is 0 Å². The van der Waals surface area contributed by atoms with Gasteiger partial charge in [-0.15, -0.1) is 24.8 Å². The van der Waals surface area contributed by atoms with Gasteiger partial charge in [0.25, 0.3) is 0 Å². The van der Waals surface area contributed by atoms with Crippen molar-refractivity contribution in [2.24, 2.45) is 0 Å². The smallest absolute Gasteiger partial charge is 0.404 e. The van der Waals surface area contributed by atoms with Crippen LogP contribution in [0.5, 0.6) is 5.75 Å².